The Kier molecular flexibility index (Phi) is 5.85. The second kappa shape index (κ2) is 7.64. The van der Waals surface area contributed by atoms with Gasteiger partial charge in [-0.25, -0.2) is 0 Å². The van der Waals surface area contributed by atoms with Gasteiger partial charge in [0.25, 0.3) is 0 Å². The fourth-order valence-corrected chi connectivity index (χ4v) is 3.68. The molecule has 21 heavy (non-hydrogen) atoms. The van der Waals surface area contributed by atoms with Crippen molar-refractivity contribution in [3.05, 3.63) is 51.2 Å². The number of carbonyl (C=O) groups is 2. The van der Waals surface area contributed by atoms with Gasteiger partial charge in [0.2, 0.25) is 5.91 Å². The highest BCUT2D eigenvalue weighted by molar-refractivity contribution is 8.00. The quantitative estimate of drug-likeness (QED) is 0.639. The summed E-state index contributed by atoms with van der Waals surface area (Å²) in [5.41, 5.74) is 0. The number of thioether (sulfide) groups is 1. The second-order valence-corrected chi connectivity index (χ2v) is 7.00. The van der Waals surface area contributed by atoms with Crippen molar-refractivity contribution >= 4 is 46.4 Å². The topological polar surface area (TPSA) is 46.2 Å². The highest BCUT2D eigenvalue weighted by Gasteiger charge is 2.10. The molecular formula is C15H14ClNO2S2. The summed E-state index contributed by atoms with van der Waals surface area (Å²) in [5.74, 6) is 0.382. The van der Waals surface area contributed by atoms with E-state index < -0.39 is 0 Å². The summed E-state index contributed by atoms with van der Waals surface area (Å²) in [6, 6.07) is 11.1. The van der Waals surface area contributed by atoms with Gasteiger partial charge in [-0.05, 0) is 30.3 Å². The first kappa shape index (κ1) is 16.1. The third kappa shape index (κ3) is 5.19. The zero-order valence-corrected chi connectivity index (χ0v) is 13.8. The Hall–Kier alpha value is -1.30. The Morgan fingerprint density at radius 2 is 2.10 bits per heavy atom. The van der Waals surface area contributed by atoms with E-state index in [1.165, 1.54) is 30.0 Å². The number of carbonyl (C=O) groups excluding carboxylic acids is 2. The molecule has 2 rings (SSSR count). The van der Waals surface area contributed by atoms with Crippen LogP contribution in [0.4, 0.5) is 0 Å². The van der Waals surface area contributed by atoms with Crippen LogP contribution in [0.15, 0.2) is 41.3 Å². The van der Waals surface area contributed by atoms with Gasteiger partial charge in [0, 0.05) is 21.7 Å². The summed E-state index contributed by atoms with van der Waals surface area (Å²) >= 11 is 8.80. The predicted octanol–water partition coefficient (Wildman–Crippen LogP) is 4.01. The lowest BCUT2D eigenvalue weighted by molar-refractivity contribution is -0.119. The number of benzene rings is 1. The van der Waals surface area contributed by atoms with E-state index in [1.807, 2.05) is 30.3 Å². The SMILES string of the molecule is CC(=O)NCc1ccc(C(=O)CSc2cccc(Cl)c2)s1. The molecule has 1 amide bonds. The van der Waals surface area contributed by atoms with Crippen LogP contribution in [-0.2, 0) is 11.3 Å². The number of nitrogens with one attached hydrogen (secondary N) is 1. The maximum Gasteiger partial charge on any atom is 0.217 e. The molecular weight excluding hydrogens is 326 g/mol. The van der Waals surface area contributed by atoms with Gasteiger partial charge < -0.3 is 5.32 Å². The molecule has 0 atom stereocenters. The summed E-state index contributed by atoms with van der Waals surface area (Å²) in [6.07, 6.45) is 0. The molecule has 0 fully saturated rings. The molecule has 1 aromatic heterocycles. The average molecular weight is 340 g/mol. The van der Waals surface area contributed by atoms with E-state index in [0.29, 0.717) is 22.2 Å². The van der Waals surface area contributed by atoms with Crippen LogP contribution in [0.25, 0.3) is 0 Å². The first-order valence-corrected chi connectivity index (χ1v) is 8.47. The number of thiophene rings is 1. The van der Waals surface area contributed by atoms with Crippen molar-refractivity contribution in [2.24, 2.45) is 0 Å². The van der Waals surface area contributed by atoms with E-state index in [9.17, 15) is 9.59 Å². The zero-order valence-electron chi connectivity index (χ0n) is 11.4. The summed E-state index contributed by atoms with van der Waals surface area (Å²) in [7, 11) is 0. The van der Waals surface area contributed by atoms with E-state index in [2.05, 4.69) is 5.32 Å². The lowest BCUT2D eigenvalue weighted by atomic mass is 10.3. The van der Waals surface area contributed by atoms with Gasteiger partial charge in [-0.15, -0.1) is 23.1 Å². The van der Waals surface area contributed by atoms with Gasteiger partial charge in [-0.2, -0.15) is 0 Å². The minimum Gasteiger partial charge on any atom is -0.351 e. The van der Waals surface area contributed by atoms with Crippen molar-refractivity contribution in [1.82, 2.24) is 5.32 Å². The molecule has 0 bridgehead atoms. The molecule has 1 heterocycles. The van der Waals surface area contributed by atoms with Crippen molar-refractivity contribution in [3.8, 4) is 0 Å². The maximum atomic E-state index is 12.1. The van der Waals surface area contributed by atoms with Crippen molar-refractivity contribution < 1.29 is 9.59 Å². The van der Waals surface area contributed by atoms with Crippen molar-refractivity contribution in [2.45, 2.75) is 18.4 Å². The van der Waals surface area contributed by atoms with Gasteiger partial charge in [-0.3, -0.25) is 9.59 Å². The van der Waals surface area contributed by atoms with Crippen molar-refractivity contribution in [1.29, 1.82) is 0 Å². The summed E-state index contributed by atoms with van der Waals surface area (Å²) < 4.78 is 0. The number of amides is 1. The largest absolute Gasteiger partial charge is 0.351 e. The maximum absolute atomic E-state index is 12.1. The Bertz CT molecular complexity index is 655. The molecule has 0 saturated carbocycles. The predicted molar refractivity (Wildman–Crippen MR) is 88.3 cm³/mol. The van der Waals surface area contributed by atoms with E-state index in [4.69, 9.17) is 11.6 Å². The van der Waals surface area contributed by atoms with Crippen LogP contribution < -0.4 is 5.32 Å². The summed E-state index contributed by atoms with van der Waals surface area (Å²) in [5, 5.41) is 3.39. The molecule has 1 aromatic carbocycles. The number of halogens is 1. The van der Waals surface area contributed by atoms with E-state index in [0.717, 1.165) is 9.77 Å². The molecule has 3 nitrogen and oxygen atoms in total. The minimum atomic E-state index is -0.0761. The minimum absolute atomic E-state index is 0.0761. The molecule has 0 aliphatic heterocycles. The molecule has 6 heteroatoms. The standard InChI is InChI=1S/C15H14ClNO2S2/c1-10(18)17-8-13-5-6-15(21-13)14(19)9-20-12-4-2-3-11(16)7-12/h2-7H,8-9H2,1H3,(H,17,18). The summed E-state index contributed by atoms with van der Waals surface area (Å²) in [6.45, 7) is 1.94. The van der Waals surface area contributed by atoms with Crippen LogP contribution in [0, 0.1) is 0 Å². The number of hydrogen-bond donors (Lipinski definition) is 1. The highest BCUT2D eigenvalue weighted by Crippen LogP contribution is 2.24. The van der Waals surface area contributed by atoms with Crippen LogP contribution in [0.5, 0.6) is 0 Å². The average Bonchev–Trinajstić information content (AvgIpc) is 2.91. The second-order valence-electron chi connectivity index (χ2n) is 4.34. The molecule has 0 saturated heterocycles. The molecule has 1 N–H and O–H groups in total. The summed E-state index contributed by atoms with van der Waals surface area (Å²) in [4.78, 5) is 25.6. The number of ketones is 1. The Morgan fingerprint density at radius 1 is 1.29 bits per heavy atom. The molecule has 0 radical (unpaired) electrons. The lowest BCUT2D eigenvalue weighted by Gasteiger charge is -2.00. The van der Waals surface area contributed by atoms with E-state index in [-0.39, 0.29) is 11.7 Å². The van der Waals surface area contributed by atoms with Crippen molar-refractivity contribution in [3.63, 3.8) is 0 Å². The third-order valence-electron chi connectivity index (χ3n) is 2.61. The lowest BCUT2D eigenvalue weighted by Crippen LogP contribution is -2.18. The van der Waals surface area contributed by atoms with Gasteiger partial charge in [0.15, 0.2) is 5.78 Å². The third-order valence-corrected chi connectivity index (χ3v) is 4.97. The monoisotopic (exact) mass is 339 g/mol. The fourth-order valence-electron chi connectivity index (χ4n) is 1.61. The van der Waals surface area contributed by atoms with Crippen molar-refractivity contribution in [2.75, 3.05) is 5.75 Å². The smallest absolute Gasteiger partial charge is 0.217 e. The molecule has 110 valence electrons. The Labute approximate surface area is 136 Å². The number of rotatable bonds is 6. The van der Waals surface area contributed by atoms with E-state index in [1.54, 1.807) is 6.07 Å². The van der Waals surface area contributed by atoms with Gasteiger partial charge >= 0.3 is 0 Å². The molecule has 0 spiro atoms. The van der Waals surface area contributed by atoms with Crippen LogP contribution in [0.3, 0.4) is 0 Å². The van der Waals surface area contributed by atoms with Crippen LogP contribution >= 0.6 is 34.7 Å². The highest BCUT2D eigenvalue weighted by atomic mass is 35.5. The first-order valence-electron chi connectivity index (χ1n) is 6.29. The van der Waals surface area contributed by atoms with Gasteiger partial charge in [-0.1, -0.05) is 17.7 Å². The number of Topliss-reactive ketones (excluding diaryl/α,β-unsaturated/α-hetero) is 1. The van der Waals surface area contributed by atoms with Gasteiger partial charge in [0.1, 0.15) is 0 Å². The Balaban J connectivity index is 1.90. The van der Waals surface area contributed by atoms with Crippen LogP contribution in [0.2, 0.25) is 5.02 Å². The van der Waals surface area contributed by atoms with Crippen LogP contribution in [-0.4, -0.2) is 17.4 Å². The molecule has 0 aliphatic carbocycles. The Morgan fingerprint density at radius 3 is 2.81 bits per heavy atom. The normalized spacial score (nSPS) is 10.4. The molecule has 2 aromatic rings. The molecule has 0 unspecified atom stereocenters. The van der Waals surface area contributed by atoms with Gasteiger partial charge in [0.05, 0.1) is 17.2 Å². The zero-order chi connectivity index (χ0) is 15.2. The fraction of sp³-hybridized carbons (Fsp3) is 0.200. The van der Waals surface area contributed by atoms with E-state index >= 15 is 0 Å². The molecule has 0 aliphatic rings. The first-order chi connectivity index (χ1) is 10.0. The number of hydrogen-bond acceptors (Lipinski definition) is 4. The van der Waals surface area contributed by atoms with Crippen LogP contribution in [0.1, 0.15) is 21.5 Å².